The lowest BCUT2D eigenvalue weighted by Gasteiger charge is -2.17. The average molecular weight is 563 g/mol. The van der Waals surface area contributed by atoms with Crippen molar-refractivity contribution < 1.29 is 19.4 Å². The van der Waals surface area contributed by atoms with Crippen molar-refractivity contribution in [2.75, 3.05) is 7.11 Å². The van der Waals surface area contributed by atoms with E-state index < -0.39 is 0 Å². The number of ether oxygens (including phenoxy) is 1. The number of aliphatic imine (C=N–C) groups is 3. The van der Waals surface area contributed by atoms with Crippen LogP contribution in [0.1, 0.15) is 53.9 Å². The number of fused-ring (bicyclic) bond motifs is 5. The molecule has 8 heteroatoms. The summed E-state index contributed by atoms with van der Waals surface area (Å²) < 4.78 is 4.95. The predicted molar refractivity (Wildman–Crippen MR) is 164 cm³/mol. The highest BCUT2D eigenvalue weighted by atomic mass is 16.5. The number of allylic oxidation sites excluding steroid dienone is 12. The van der Waals surface area contributed by atoms with Crippen molar-refractivity contribution in [3.63, 3.8) is 0 Å². The van der Waals surface area contributed by atoms with Gasteiger partial charge in [-0.3, -0.25) is 9.59 Å². The number of ketones is 1. The summed E-state index contributed by atoms with van der Waals surface area (Å²) in [5, 5.41) is 14.8. The van der Waals surface area contributed by atoms with Crippen LogP contribution in [0.4, 0.5) is 0 Å². The van der Waals surface area contributed by atoms with Crippen LogP contribution < -0.4 is 5.32 Å². The summed E-state index contributed by atoms with van der Waals surface area (Å²) in [6.07, 6.45) is 8.78. The number of methoxy groups -OCH3 is 1. The number of hydrogen-bond acceptors (Lipinski definition) is 8. The second-order valence-corrected chi connectivity index (χ2v) is 11.4. The Hall–Kier alpha value is -4.59. The van der Waals surface area contributed by atoms with Gasteiger partial charge in [0.1, 0.15) is 5.76 Å². The highest BCUT2D eigenvalue weighted by Gasteiger charge is 2.41. The van der Waals surface area contributed by atoms with Gasteiger partial charge in [0, 0.05) is 58.4 Å². The van der Waals surface area contributed by atoms with Crippen LogP contribution >= 0.6 is 0 Å². The molecule has 0 aromatic rings. The van der Waals surface area contributed by atoms with Gasteiger partial charge in [0.05, 0.1) is 41.3 Å². The standard InChI is InChI=1S/C34H34N4O4/c1-8-20-15(2)23-14-28-31(19(6)39)17(4)25(36-28)12-24-16(3)21(9-10-30(41)42-7)33(37-24)22-11-29(40)32-18(5)26(38-34(22)32)13-27(20)35-23/h8,12-14,16,21,37,40H,1,9-11H2,2-7H3/t16-,21-/m0/s1. The van der Waals surface area contributed by atoms with Crippen molar-refractivity contribution in [2.24, 2.45) is 26.8 Å². The molecule has 8 bridgehead atoms. The molecule has 0 radical (unpaired) electrons. The average Bonchev–Trinajstić information content (AvgIpc) is 3.70. The fraction of sp³-hybridized carbons (Fsp3) is 0.324. The van der Waals surface area contributed by atoms with E-state index in [2.05, 4.69) is 18.8 Å². The van der Waals surface area contributed by atoms with Gasteiger partial charge in [-0.05, 0) is 69.1 Å². The van der Waals surface area contributed by atoms with Crippen molar-refractivity contribution in [3.05, 3.63) is 104 Å². The predicted octanol–water partition coefficient (Wildman–Crippen LogP) is 5.98. The Kier molecular flexibility index (Phi) is 6.60. The third-order valence-electron chi connectivity index (χ3n) is 9.06. The molecule has 2 N–H and O–H groups in total. The summed E-state index contributed by atoms with van der Waals surface area (Å²) >= 11 is 0. The summed E-state index contributed by atoms with van der Waals surface area (Å²) in [7, 11) is 1.40. The Morgan fingerprint density at radius 2 is 1.79 bits per heavy atom. The fourth-order valence-corrected chi connectivity index (χ4v) is 6.70. The minimum absolute atomic E-state index is 0.0155. The van der Waals surface area contributed by atoms with Crippen molar-refractivity contribution in [3.8, 4) is 0 Å². The molecule has 0 unspecified atom stereocenters. The van der Waals surface area contributed by atoms with Gasteiger partial charge >= 0.3 is 5.97 Å². The molecule has 1 aliphatic carbocycles. The summed E-state index contributed by atoms with van der Waals surface area (Å²) in [5.74, 6) is -0.0648. The fourth-order valence-electron chi connectivity index (χ4n) is 6.70. The summed E-state index contributed by atoms with van der Waals surface area (Å²) in [5.41, 5.74) is 11.8. The number of hydrogen-bond donors (Lipinski definition) is 2. The van der Waals surface area contributed by atoms with E-state index in [1.54, 1.807) is 13.0 Å². The van der Waals surface area contributed by atoms with Gasteiger partial charge < -0.3 is 15.2 Å². The number of Topliss-reactive ketones (excluding diaryl/α,β-unsaturated/α-hetero) is 1. The Morgan fingerprint density at radius 1 is 1.07 bits per heavy atom. The van der Waals surface area contributed by atoms with Crippen LogP contribution in [0.3, 0.4) is 0 Å². The molecule has 2 atom stereocenters. The lowest BCUT2D eigenvalue weighted by Crippen LogP contribution is -2.16. The van der Waals surface area contributed by atoms with Gasteiger partial charge in [-0.25, -0.2) is 15.0 Å². The molecular formula is C34H34N4O4. The highest BCUT2D eigenvalue weighted by Crippen LogP contribution is 2.46. The summed E-state index contributed by atoms with van der Waals surface area (Å²) in [6.45, 7) is 13.6. The number of esters is 1. The molecule has 0 aromatic heterocycles. The lowest BCUT2D eigenvalue weighted by atomic mass is 9.86. The van der Waals surface area contributed by atoms with E-state index >= 15 is 0 Å². The molecule has 0 aromatic carbocycles. The number of rotatable bonds is 5. The molecule has 214 valence electrons. The van der Waals surface area contributed by atoms with E-state index in [1.165, 1.54) is 7.11 Å². The maximum absolute atomic E-state index is 12.8. The summed E-state index contributed by atoms with van der Waals surface area (Å²) in [6, 6.07) is 0. The smallest absolute Gasteiger partial charge is 0.305 e. The Labute approximate surface area is 245 Å². The van der Waals surface area contributed by atoms with Gasteiger partial charge in [0.2, 0.25) is 0 Å². The minimum Gasteiger partial charge on any atom is -0.511 e. The van der Waals surface area contributed by atoms with Gasteiger partial charge in [0.15, 0.2) is 5.78 Å². The van der Waals surface area contributed by atoms with Crippen LogP contribution in [-0.2, 0) is 14.3 Å². The van der Waals surface area contributed by atoms with Crippen molar-refractivity contribution in [1.29, 1.82) is 0 Å². The Bertz CT molecular complexity index is 1760. The van der Waals surface area contributed by atoms with Gasteiger partial charge in [-0.15, -0.1) is 0 Å². The van der Waals surface area contributed by atoms with Crippen molar-refractivity contribution in [2.45, 2.75) is 53.9 Å². The Balaban J connectivity index is 1.61. The molecule has 0 spiro atoms. The number of carbonyl (C=O) groups is 2. The largest absolute Gasteiger partial charge is 0.511 e. The number of aliphatic hydroxyl groups is 1. The molecule has 5 heterocycles. The zero-order valence-electron chi connectivity index (χ0n) is 24.8. The molecule has 0 saturated carbocycles. The number of carbonyl (C=O) groups excluding carboxylic acids is 2. The third-order valence-corrected chi connectivity index (χ3v) is 9.06. The first-order valence-corrected chi connectivity index (χ1v) is 14.2. The molecule has 5 aliphatic heterocycles. The van der Waals surface area contributed by atoms with Crippen LogP contribution in [0, 0.1) is 11.8 Å². The van der Waals surface area contributed by atoms with Crippen molar-refractivity contribution in [1.82, 2.24) is 5.32 Å². The second-order valence-electron chi connectivity index (χ2n) is 11.4. The monoisotopic (exact) mass is 562 g/mol. The molecule has 6 rings (SSSR count). The van der Waals surface area contributed by atoms with Crippen LogP contribution in [0.15, 0.2) is 119 Å². The van der Waals surface area contributed by atoms with Crippen LogP contribution in [0.2, 0.25) is 0 Å². The maximum Gasteiger partial charge on any atom is 0.305 e. The van der Waals surface area contributed by atoms with Crippen LogP contribution in [0.25, 0.3) is 0 Å². The van der Waals surface area contributed by atoms with Crippen LogP contribution in [0.5, 0.6) is 0 Å². The van der Waals surface area contributed by atoms with E-state index in [1.807, 2.05) is 39.0 Å². The molecule has 0 amide bonds. The Morgan fingerprint density at radius 3 is 2.48 bits per heavy atom. The lowest BCUT2D eigenvalue weighted by molar-refractivity contribution is -0.140. The van der Waals surface area contributed by atoms with E-state index in [0.29, 0.717) is 41.2 Å². The van der Waals surface area contributed by atoms with Gasteiger partial charge in [-0.1, -0.05) is 19.6 Å². The molecule has 42 heavy (non-hydrogen) atoms. The number of aliphatic hydroxyl groups excluding tert-OH is 1. The quantitative estimate of drug-likeness (QED) is 0.401. The normalized spacial score (nSPS) is 24.5. The van der Waals surface area contributed by atoms with E-state index in [9.17, 15) is 14.7 Å². The zero-order valence-corrected chi connectivity index (χ0v) is 24.8. The first-order chi connectivity index (χ1) is 20.0. The maximum atomic E-state index is 12.8. The third kappa shape index (κ3) is 4.16. The summed E-state index contributed by atoms with van der Waals surface area (Å²) in [4.78, 5) is 39.9. The topological polar surface area (TPSA) is 113 Å². The number of nitrogens with zero attached hydrogens (tertiary/aromatic N) is 3. The minimum atomic E-state index is -0.266. The van der Waals surface area contributed by atoms with E-state index in [4.69, 9.17) is 19.7 Å². The zero-order chi connectivity index (χ0) is 30.0. The first kappa shape index (κ1) is 27.6. The molecule has 8 nitrogen and oxygen atoms in total. The molecule has 6 aliphatic rings. The highest BCUT2D eigenvalue weighted by molar-refractivity contribution is 6.22. The van der Waals surface area contributed by atoms with E-state index in [0.717, 1.165) is 56.2 Å². The first-order valence-electron chi connectivity index (χ1n) is 14.2. The SMILES string of the molecule is C=CC1=C(C)C2=NC1=CC1=C(C)C3=C(O)CC(=C4NC(=CC5=NC(=C2)C(C(C)=O)=C5C)[C@@H](C)[C@@H]4CCC(=O)OC)C3=N1. The molecule has 1 fully saturated rings. The number of nitrogens with one attached hydrogen (secondary N) is 1. The second kappa shape index (κ2) is 10.0. The van der Waals surface area contributed by atoms with E-state index in [-0.39, 0.29) is 35.8 Å². The van der Waals surface area contributed by atoms with Gasteiger partial charge in [0.25, 0.3) is 0 Å². The molecular weight excluding hydrogens is 528 g/mol. The van der Waals surface area contributed by atoms with Gasteiger partial charge in [-0.2, -0.15) is 0 Å². The van der Waals surface area contributed by atoms with Crippen LogP contribution in [-0.4, -0.2) is 41.1 Å². The molecule has 1 saturated heterocycles. The van der Waals surface area contributed by atoms with Crippen molar-refractivity contribution >= 4 is 28.9 Å².